The van der Waals surface area contributed by atoms with Crippen molar-refractivity contribution in [2.75, 3.05) is 53.5 Å². The summed E-state index contributed by atoms with van der Waals surface area (Å²) in [5.41, 5.74) is 10.4. The van der Waals surface area contributed by atoms with E-state index in [-0.39, 0.29) is 78.7 Å². The molecular weight excluding hydrogens is 1730 g/mol. The number of carbonyl (C=O) groups excluding carboxylic acids is 6. The first-order valence-electron chi connectivity index (χ1n) is 43.5. The lowest BCUT2D eigenvalue weighted by Crippen LogP contribution is -2.17. The lowest BCUT2D eigenvalue weighted by molar-refractivity contribution is 0.0897. The number of nitrogens with zero attached hydrogens (tertiary/aromatic N) is 12. The molecule has 6 fully saturated rings. The quantitative estimate of drug-likeness (QED) is 0.0174. The van der Waals surface area contributed by atoms with Crippen molar-refractivity contribution >= 4 is 46.3 Å². The number of hydrogen-bond donors (Lipinski definition) is 6. The number of methoxy groups -OCH3 is 1. The summed E-state index contributed by atoms with van der Waals surface area (Å²) in [4.78, 5) is 119. The zero-order valence-electron chi connectivity index (χ0n) is 73.7. The van der Waals surface area contributed by atoms with Crippen LogP contribution in [0.5, 0.6) is 17.2 Å². The zero-order valence-corrected chi connectivity index (χ0v) is 74.4. The molecule has 6 aromatic carbocycles. The number of rotatable bonds is 31. The number of ketones is 6. The Kier molecular flexibility index (Phi) is 30.2. The second-order valence-electron chi connectivity index (χ2n) is 34.9. The van der Waals surface area contributed by atoms with Crippen molar-refractivity contribution in [2.45, 2.75) is 169 Å². The van der Waals surface area contributed by atoms with Crippen molar-refractivity contribution in [1.82, 2.24) is 59.8 Å². The van der Waals surface area contributed by atoms with Crippen molar-refractivity contribution in [1.29, 1.82) is 0 Å². The summed E-state index contributed by atoms with van der Waals surface area (Å²) in [6.07, 6.45) is 32.8. The van der Waals surface area contributed by atoms with Gasteiger partial charge in [0.25, 0.3) is 0 Å². The third kappa shape index (κ3) is 23.5. The standard InChI is InChI=1S/C18H20N2O3.C17H17FN2O2.C17H16N2O4.C17H18N2O2.C16H14ClFN2O2.C16H14F2N2O2/c1-12-5-14(7-15(6-12)23-2)18(3-4-18)8-17-19-9-13(10-20-17)16(22)11-21;1-11-2-3-14(18)13(6-11)17(4-5-17)7-16-19-8-12(9-20-16)15(22)10-21;20-9-13(21)11-7-18-16(19-8-11)6-17(3-4-17)12-1-2-14-15(5-12)23-10-22-14;1-12-4-2-3-5-14(12)17(6-7-17)8-16-18-9-13(10-19-16)15(21)11-20;17-12-5-11(1-2-13(12)18)16(3-4-16)6-15-19-7-10(8-20-15)14(22)9-21;17-11-2-1-3-12(18)15(11)16(4-5-16)6-14-19-7-10(8-20-14)13(22)9-21/h5-7,9-10,21H,3-4,8,11H2,1-2H3;2-3,6,8-9,21H,4-5,7,10H2,1H3;1-2,5,7-8,20H,3-4,6,9-10H2;2-5,9-10,20H,6-8,11H2,1H3;1-2,5,7-8,21H,3-4,6,9H2;1-3,7-8,21H,4-6,9H2. The normalized spacial score (nSPS) is 15.8. The number of carbonyl (C=O) groups is 6. The third-order valence-electron chi connectivity index (χ3n) is 25.4. The summed E-state index contributed by atoms with van der Waals surface area (Å²) in [7, 11) is 1.68. The molecule has 6 N–H and O–H groups in total. The number of hydrogen-bond acceptors (Lipinski definition) is 27. The van der Waals surface area contributed by atoms with Crippen LogP contribution in [-0.2, 0) is 71.0 Å². The Morgan fingerprint density at radius 2 is 0.662 bits per heavy atom. The van der Waals surface area contributed by atoms with Crippen molar-refractivity contribution in [3.8, 4) is 17.2 Å². The number of aryl methyl sites for hydroxylation is 3. The fourth-order valence-electron chi connectivity index (χ4n) is 16.6. The van der Waals surface area contributed by atoms with Gasteiger partial charge < -0.3 is 44.8 Å². The SMILES string of the molecule is COc1cc(C)cc(C2(Cc3ncc(C(=O)CO)cn3)CC2)c1.Cc1ccc(F)c(C2(Cc3ncc(C(=O)CO)cn3)CC2)c1.Cc1ccccc1C1(Cc2ncc(C(=O)CO)cn2)CC1.O=C(CO)c1cnc(CC2(c3c(F)cccc3F)CC2)nc1.O=C(CO)c1cnc(CC2(c3ccc(F)c(Cl)c3)CC2)nc1.O=C(CO)c1cnc(CC2(c3ccc4c(c3)OCO4)CC2)nc1. The summed E-state index contributed by atoms with van der Waals surface area (Å²) >= 11 is 5.85. The summed E-state index contributed by atoms with van der Waals surface area (Å²) in [6.45, 7) is 3.16. The van der Waals surface area contributed by atoms with Crippen molar-refractivity contribution in [3.05, 3.63) is 336 Å². The summed E-state index contributed by atoms with van der Waals surface area (Å²) in [5.74, 6) is 2.20. The van der Waals surface area contributed by atoms with Gasteiger partial charge >= 0.3 is 0 Å². The summed E-state index contributed by atoms with van der Waals surface area (Å²) in [5, 5.41) is 53.1. The first-order valence-corrected chi connectivity index (χ1v) is 43.9. The number of Topliss-reactive ketones (excluding diaryl/α,β-unsaturated/α-hetero) is 6. The number of halogens is 5. The van der Waals surface area contributed by atoms with Crippen LogP contribution in [0.2, 0.25) is 5.02 Å². The van der Waals surface area contributed by atoms with Crippen LogP contribution in [0.15, 0.2) is 190 Å². The van der Waals surface area contributed by atoms with Crippen LogP contribution >= 0.6 is 11.6 Å². The molecule has 1 aliphatic heterocycles. The van der Waals surface area contributed by atoms with Gasteiger partial charge in [-0.2, -0.15) is 0 Å². The molecule has 0 radical (unpaired) electrons. The van der Waals surface area contributed by atoms with E-state index >= 15 is 0 Å². The van der Waals surface area contributed by atoms with Crippen LogP contribution in [-0.4, -0.2) is 179 Å². The van der Waals surface area contributed by atoms with Gasteiger partial charge in [0.2, 0.25) is 6.79 Å². The Hall–Kier alpha value is -13.0. The molecule has 0 unspecified atom stereocenters. The van der Waals surface area contributed by atoms with Gasteiger partial charge in [-0.3, -0.25) is 28.8 Å². The van der Waals surface area contributed by atoms with E-state index < -0.39 is 79.9 Å². The number of aliphatic hydroxyl groups excluding tert-OH is 6. The first kappa shape index (κ1) is 96.1. The molecule has 6 aromatic heterocycles. The number of ether oxygens (including phenoxy) is 3. The number of aliphatic hydroxyl groups is 6. The smallest absolute Gasteiger partial charge is 0.231 e. The molecule has 32 heteroatoms. The molecule has 0 saturated heterocycles. The summed E-state index contributed by atoms with van der Waals surface area (Å²) in [6, 6.07) is 34.6. The fraction of sp³-hybridized carbons (Fsp3) is 0.347. The summed E-state index contributed by atoms with van der Waals surface area (Å²) < 4.78 is 71.5. The Balaban J connectivity index is 0.000000128. The molecule has 688 valence electrons. The second-order valence-corrected chi connectivity index (χ2v) is 35.3. The third-order valence-corrected chi connectivity index (χ3v) is 25.7. The fourth-order valence-corrected chi connectivity index (χ4v) is 16.7. The Morgan fingerprint density at radius 3 is 1.02 bits per heavy atom. The molecule has 133 heavy (non-hydrogen) atoms. The Bertz CT molecular complexity index is 6200. The van der Waals surface area contributed by atoms with Gasteiger partial charge in [0.15, 0.2) is 46.2 Å². The van der Waals surface area contributed by atoms with E-state index in [4.69, 9.17) is 56.5 Å². The van der Waals surface area contributed by atoms with Crippen LogP contribution in [0, 0.1) is 44.0 Å². The molecule has 0 amide bonds. The van der Waals surface area contributed by atoms with Gasteiger partial charge in [0, 0.05) is 151 Å². The Labute approximate surface area is 769 Å². The lowest BCUT2D eigenvalue weighted by atomic mass is 9.89. The number of fused-ring (bicyclic) bond motifs is 1. The Morgan fingerprint density at radius 1 is 0.331 bits per heavy atom. The second kappa shape index (κ2) is 41.8. The zero-order chi connectivity index (χ0) is 94.4. The van der Waals surface area contributed by atoms with E-state index in [9.17, 15) is 46.3 Å². The highest BCUT2D eigenvalue weighted by molar-refractivity contribution is 6.30. The molecule has 12 aromatic rings. The number of benzene rings is 6. The molecule has 19 rings (SSSR count). The van der Waals surface area contributed by atoms with Crippen LogP contribution in [0.25, 0.3) is 0 Å². The van der Waals surface area contributed by atoms with E-state index in [1.807, 2.05) is 31.2 Å². The van der Waals surface area contributed by atoms with E-state index in [0.29, 0.717) is 77.7 Å². The molecule has 0 spiro atoms. The minimum absolute atomic E-state index is 0.0451. The van der Waals surface area contributed by atoms with E-state index in [1.54, 1.807) is 25.3 Å². The maximum Gasteiger partial charge on any atom is 0.231 e. The van der Waals surface area contributed by atoms with Gasteiger partial charge in [-0.05, 0) is 191 Å². The minimum Gasteiger partial charge on any atom is -0.497 e. The van der Waals surface area contributed by atoms with Gasteiger partial charge in [0.1, 0.15) is 104 Å². The highest BCUT2D eigenvalue weighted by Gasteiger charge is 2.51. The molecule has 7 heterocycles. The van der Waals surface area contributed by atoms with Gasteiger partial charge in [-0.15, -0.1) is 0 Å². The number of aromatic nitrogens is 12. The van der Waals surface area contributed by atoms with Gasteiger partial charge in [-0.25, -0.2) is 77.4 Å². The van der Waals surface area contributed by atoms with E-state index in [0.717, 1.165) is 129 Å². The molecule has 7 aliphatic rings. The molecular formula is C101H99ClF4N12O15. The van der Waals surface area contributed by atoms with Crippen LogP contribution in [0.1, 0.15) is 224 Å². The maximum atomic E-state index is 14.1. The largest absolute Gasteiger partial charge is 0.497 e. The van der Waals surface area contributed by atoms with Crippen molar-refractivity contribution in [2.24, 2.45) is 0 Å². The molecule has 27 nitrogen and oxygen atoms in total. The minimum atomic E-state index is -0.604. The highest BCUT2D eigenvalue weighted by Crippen LogP contribution is 2.57. The van der Waals surface area contributed by atoms with Gasteiger partial charge in [0.05, 0.1) is 45.5 Å². The predicted molar refractivity (Wildman–Crippen MR) is 479 cm³/mol. The highest BCUT2D eigenvalue weighted by atomic mass is 35.5. The van der Waals surface area contributed by atoms with Crippen LogP contribution < -0.4 is 14.2 Å². The van der Waals surface area contributed by atoms with E-state index in [1.165, 1.54) is 133 Å². The average molecular weight is 1830 g/mol. The molecule has 0 atom stereocenters. The first-order chi connectivity index (χ1) is 64.0. The van der Waals surface area contributed by atoms with Crippen molar-refractivity contribution in [3.63, 3.8) is 0 Å². The van der Waals surface area contributed by atoms with Crippen LogP contribution in [0.3, 0.4) is 0 Å². The average Bonchev–Trinajstić information content (AvgIpc) is 1.57. The lowest BCUT2D eigenvalue weighted by Gasteiger charge is -2.17. The predicted octanol–water partition coefficient (Wildman–Crippen LogP) is 13.4. The van der Waals surface area contributed by atoms with Gasteiger partial charge in [-0.1, -0.05) is 77.8 Å². The molecule has 0 bridgehead atoms. The van der Waals surface area contributed by atoms with Crippen molar-refractivity contribution < 1.29 is 91.2 Å². The monoisotopic (exact) mass is 1830 g/mol. The van der Waals surface area contributed by atoms with E-state index in [2.05, 4.69) is 116 Å². The topological polar surface area (TPSA) is 406 Å². The molecule has 6 aliphatic carbocycles. The van der Waals surface area contributed by atoms with Crippen LogP contribution in [0.4, 0.5) is 17.6 Å². The maximum absolute atomic E-state index is 14.1. The molecule has 6 saturated carbocycles.